The molecular weight excluding hydrogens is 314 g/mol. The van der Waals surface area contributed by atoms with Crippen LogP contribution in [0.15, 0.2) is 17.6 Å². The minimum atomic E-state index is -1.07. The van der Waals surface area contributed by atoms with Gasteiger partial charge in [-0.05, 0) is 6.07 Å². The number of nitrogens with zero attached hydrogens (tertiary/aromatic N) is 2. The van der Waals surface area contributed by atoms with E-state index in [2.05, 4.69) is 15.0 Å². The fourth-order valence-corrected chi connectivity index (χ4v) is 3.61. The Hall–Kier alpha value is -1.97. The SMILES string of the molecule is COC(=O)C(CO)NC(=O)c1cc2c(nc3sccn32)s1. The molecule has 0 aliphatic heterocycles. The van der Waals surface area contributed by atoms with E-state index in [1.165, 1.54) is 29.8 Å². The van der Waals surface area contributed by atoms with Crippen molar-refractivity contribution in [3.05, 3.63) is 22.5 Å². The van der Waals surface area contributed by atoms with E-state index in [0.29, 0.717) is 4.88 Å². The molecule has 0 aromatic carbocycles. The van der Waals surface area contributed by atoms with Crippen LogP contribution in [0.3, 0.4) is 0 Å². The molecule has 0 saturated carbocycles. The van der Waals surface area contributed by atoms with Crippen LogP contribution in [0, 0.1) is 0 Å². The maximum absolute atomic E-state index is 12.1. The number of thiazole rings is 1. The fraction of sp³-hybridized carbons (Fsp3) is 0.250. The van der Waals surface area contributed by atoms with Crippen LogP contribution < -0.4 is 5.32 Å². The number of esters is 1. The molecule has 0 spiro atoms. The molecule has 0 aliphatic rings. The number of aromatic nitrogens is 2. The molecule has 3 heterocycles. The summed E-state index contributed by atoms with van der Waals surface area (Å²) < 4.78 is 6.41. The summed E-state index contributed by atoms with van der Waals surface area (Å²) in [5, 5.41) is 13.5. The third-order valence-corrected chi connectivity index (χ3v) is 4.71. The van der Waals surface area contributed by atoms with Crippen LogP contribution in [0.4, 0.5) is 0 Å². The molecule has 21 heavy (non-hydrogen) atoms. The second-order valence-electron chi connectivity index (χ2n) is 4.20. The number of aliphatic hydroxyl groups excluding tert-OH is 1. The maximum Gasteiger partial charge on any atom is 0.330 e. The second kappa shape index (κ2) is 5.43. The minimum absolute atomic E-state index is 0.426. The molecule has 0 radical (unpaired) electrons. The summed E-state index contributed by atoms with van der Waals surface area (Å²) in [6, 6.07) is 0.647. The number of aliphatic hydroxyl groups is 1. The predicted octanol–water partition coefficient (Wildman–Crippen LogP) is 0.874. The molecule has 0 bridgehead atoms. The second-order valence-corrected chi connectivity index (χ2v) is 6.10. The van der Waals surface area contributed by atoms with E-state index in [1.54, 1.807) is 6.07 Å². The van der Waals surface area contributed by atoms with Crippen molar-refractivity contribution in [2.75, 3.05) is 13.7 Å². The van der Waals surface area contributed by atoms with Gasteiger partial charge in [0.2, 0.25) is 0 Å². The van der Waals surface area contributed by atoms with E-state index in [1.807, 2.05) is 16.0 Å². The van der Waals surface area contributed by atoms with Gasteiger partial charge in [-0.3, -0.25) is 9.20 Å². The van der Waals surface area contributed by atoms with Gasteiger partial charge in [-0.25, -0.2) is 9.78 Å². The summed E-state index contributed by atoms with van der Waals surface area (Å²) >= 11 is 2.75. The number of carbonyl (C=O) groups excluding carboxylic acids is 2. The zero-order chi connectivity index (χ0) is 15.0. The van der Waals surface area contributed by atoms with Gasteiger partial charge >= 0.3 is 5.97 Å². The first kappa shape index (κ1) is 14.0. The van der Waals surface area contributed by atoms with Crippen molar-refractivity contribution >= 4 is 49.9 Å². The number of imidazole rings is 1. The fourth-order valence-electron chi connectivity index (χ4n) is 1.91. The number of amides is 1. The number of carbonyl (C=O) groups is 2. The Balaban J connectivity index is 1.87. The lowest BCUT2D eigenvalue weighted by atomic mass is 10.3. The number of hydrogen-bond acceptors (Lipinski definition) is 7. The average Bonchev–Trinajstić information content (AvgIpc) is 3.14. The Morgan fingerprint density at radius 3 is 3.10 bits per heavy atom. The highest BCUT2D eigenvalue weighted by molar-refractivity contribution is 7.21. The van der Waals surface area contributed by atoms with Crippen molar-refractivity contribution in [3.8, 4) is 0 Å². The molecule has 0 saturated heterocycles. The zero-order valence-electron chi connectivity index (χ0n) is 10.9. The highest BCUT2D eigenvalue weighted by Crippen LogP contribution is 2.28. The Morgan fingerprint density at radius 2 is 2.38 bits per heavy atom. The van der Waals surface area contributed by atoms with E-state index < -0.39 is 24.5 Å². The molecular formula is C12H11N3O4S2. The Bertz CT molecular complexity index is 819. The molecule has 0 fully saturated rings. The van der Waals surface area contributed by atoms with Crippen molar-refractivity contribution in [1.82, 2.24) is 14.7 Å². The van der Waals surface area contributed by atoms with Gasteiger partial charge < -0.3 is 15.2 Å². The maximum atomic E-state index is 12.1. The van der Waals surface area contributed by atoms with Crippen LogP contribution in [-0.2, 0) is 9.53 Å². The summed E-state index contributed by atoms with van der Waals surface area (Å²) in [5.74, 6) is -1.12. The summed E-state index contributed by atoms with van der Waals surface area (Å²) in [5.41, 5.74) is 0.847. The van der Waals surface area contributed by atoms with Gasteiger partial charge in [0.25, 0.3) is 5.91 Å². The highest BCUT2D eigenvalue weighted by Gasteiger charge is 2.23. The minimum Gasteiger partial charge on any atom is -0.467 e. The molecule has 1 atom stereocenters. The number of methoxy groups -OCH3 is 1. The van der Waals surface area contributed by atoms with Crippen LogP contribution in [0.2, 0.25) is 0 Å². The third-order valence-electron chi connectivity index (χ3n) is 2.94. The Morgan fingerprint density at radius 1 is 1.57 bits per heavy atom. The predicted molar refractivity (Wildman–Crippen MR) is 78.8 cm³/mol. The monoisotopic (exact) mass is 325 g/mol. The van der Waals surface area contributed by atoms with Crippen molar-refractivity contribution in [2.45, 2.75) is 6.04 Å². The van der Waals surface area contributed by atoms with Crippen LogP contribution in [0.1, 0.15) is 9.67 Å². The molecule has 3 rings (SSSR count). The van der Waals surface area contributed by atoms with E-state index in [4.69, 9.17) is 5.11 Å². The van der Waals surface area contributed by atoms with Gasteiger partial charge in [0.15, 0.2) is 11.0 Å². The smallest absolute Gasteiger partial charge is 0.330 e. The first-order valence-electron chi connectivity index (χ1n) is 5.98. The quantitative estimate of drug-likeness (QED) is 0.695. The molecule has 0 aliphatic carbocycles. The lowest BCUT2D eigenvalue weighted by Gasteiger charge is -2.12. The van der Waals surface area contributed by atoms with Gasteiger partial charge in [0.05, 0.1) is 24.1 Å². The van der Waals surface area contributed by atoms with Crippen molar-refractivity contribution in [3.63, 3.8) is 0 Å². The number of nitrogens with one attached hydrogen (secondary N) is 1. The summed E-state index contributed by atoms with van der Waals surface area (Å²) in [6.45, 7) is -0.517. The van der Waals surface area contributed by atoms with Crippen LogP contribution >= 0.6 is 22.7 Å². The van der Waals surface area contributed by atoms with E-state index >= 15 is 0 Å². The van der Waals surface area contributed by atoms with Crippen LogP contribution in [0.5, 0.6) is 0 Å². The first-order valence-corrected chi connectivity index (χ1v) is 7.68. The van der Waals surface area contributed by atoms with Gasteiger partial charge in [-0.1, -0.05) is 0 Å². The summed E-state index contributed by atoms with van der Waals surface area (Å²) in [7, 11) is 1.20. The van der Waals surface area contributed by atoms with E-state index in [9.17, 15) is 9.59 Å². The van der Waals surface area contributed by atoms with Crippen molar-refractivity contribution < 1.29 is 19.4 Å². The van der Waals surface area contributed by atoms with Gasteiger partial charge in [-0.15, -0.1) is 22.7 Å². The van der Waals surface area contributed by atoms with Crippen LogP contribution in [-0.4, -0.2) is 46.1 Å². The van der Waals surface area contributed by atoms with E-state index in [-0.39, 0.29) is 0 Å². The van der Waals surface area contributed by atoms with Crippen molar-refractivity contribution in [2.24, 2.45) is 0 Å². The van der Waals surface area contributed by atoms with E-state index in [0.717, 1.165) is 15.3 Å². The number of ether oxygens (including phenoxy) is 1. The molecule has 1 unspecified atom stereocenters. The number of fused-ring (bicyclic) bond motifs is 3. The number of rotatable bonds is 4. The topological polar surface area (TPSA) is 92.9 Å². The van der Waals surface area contributed by atoms with Gasteiger partial charge in [-0.2, -0.15) is 0 Å². The molecule has 110 valence electrons. The largest absolute Gasteiger partial charge is 0.467 e. The Labute approximate surface area is 126 Å². The standard InChI is InChI=1S/C12H11N3O4S2/c1-19-11(18)6(5-16)13-9(17)8-4-7-10(21-8)14-12-15(7)2-3-20-12/h2-4,6,16H,5H2,1H3,(H,13,17). The number of thiophene rings is 1. The molecule has 3 aromatic rings. The number of hydrogen-bond donors (Lipinski definition) is 2. The summed E-state index contributed by atoms with van der Waals surface area (Å²) in [4.78, 5) is 29.9. The first-order chi connectivity index (χ1) is 10.1. The average molecular weight is 325 g/mol. The molecule has 3 aromatic heterocycles. The third kappa shape index (κ3) is 2.39. The van der Waals surface area contributed by atoms with Gasteiger partial charge in [0.1, 0.15) is 4.83 Å². The lowest BCUT2D eigenvalue weighted by molar-refractivity contribution is -0.143. The molecule has 7 nitrogen and oxygen atoms in total. The highest BCUT2D eigenvalue weighted by atomic mass is 32.1. The summed E-state index contributed by atoms with van der Waals surface area (Å²) in [6.07, 6.45) is 1.88. The lowest BCUT2D eigenvalue weighted by Crippen LogP contribution is -2.43. The molecule has 2 N–H and O–H groups in total. The zero-order valence-corrected chi connectivity index (χ0v) is 12.5. The van der Waals surface area contributed by atoms with Crippen molar-refractivity contribution in [1.29, 1.82) is 0 Å². The molecule has 9 heteroatoms. The Kier molecular flexibility index (Phi) is 3.62. The van der Waals surface area contributed by atoms with Gasteiger partial charge in [0, 0.05) is 11.6 Å². The normalized spacial score (nSPS) is 12.7. The molecule has 1 amide bonds. The van der Waals surface area contributed by atoms with Crippen LogP contribution in [0.25, 0.3) is 15.3 Å².